The van der Waals surface area contributed by atoms with Crippen molar-refractivity contribution in [3.05, 3.63) is 28.8 Å². The summed E-state index contributed by atoms with van der Waals surface area (Å²) in [5.74, 6) is -0.816. The average Bonchev–Trinajstić information content (AvgIpc) is 2.28. The largest absolute Gasteiger partial charge is 0.493 e. The lowest BCUT2D eigenvalue weighted by Crippen LogP contribution is -2.25. The van der Waals surface area contributed by atoms with Gasteiger partial charge in [-0.1, -0.05) is 17.7 Å². The second-order valence-electron chi connectivity index (χ2n) is 4.48. The maximum Gasteiger partial charge on any atom is 0.341 e. The molecule has 0 bridgehead atoms. The van der Waals surface area contributed by atoms with Gasteiger partial charge in [-0.2, -0.15) is 0 Å². The molecule has 0 radical (unpaired) electrons. The molecule has 4 nitrogen and oxygen atoms in total. The van der Waals surface area contributed by atoms with Gasteiger partial charge in [-0.3, -0.25) is 0 Å². The highest BCUT2D eigenvalue weighted by atomic mass is 35.5. The van der Waals surface area contributed by atoms with Gasteiger partial charge in [0.15, 0.2) is 0 Å². The molecule has 0 atom stereocenters. The standard InChI is InChI=1S/C13H17ClO4/c1-13(2,17-3)7-8-18-10-6-4-5-9(14)11(10)12(15)16/h4-6H,7-8H2,1-3H3,(H,15,16). The van der Waals surface area contributed by atoms with Crippen LogP contribution in [0.25, 0.3) is 0 Å². The Morgan fingerprint density at radius 1 is 1.44 bits per heavy atom. The van der Waals surface area contributed by atoms with E-state index in [9.17, 15) is 4.79 Å². The summed E-state index contributed by atoms with van der Waals surface area (Å²) in [6.45, 7) is 4.24. The first kappa shape index (κ1) is 14.8. The lowest BCUT2D eigenvalue weighted by Gasteiger charge is -2.22. The van der Waals surface area contributed by atoms with E-state index in [1.165, 1.54) is 6.07 Å². The summed E-state index contributed by atoms with van der Waals surface area (Å²) < 4.78 is 10.7. The van der Waals surface area contributed by atoms with Gasteiger partial charge in [0.2, 0.25) is 0 Å². The molecule has 1 N–H and O–H groups in total. The molecule has 0 fully saturated rings. The molecule has 0 unspecified atom stereocenters. The van der Waals surface area contributed by atoms with E-state index in [1.54, 1.807) is 19.2 Å². The fourth-order valence-electron chi connectivity index (χ4n) is 1.34. The van der Waals surface area contributed by atoms with Gasteiger partial charge in [0.05, 0.1) is 17.2 Å². The van der Waals surface area contributed by atoms with E-state index in [0.29, 0.717) is 13.0 Å². The van der Waals surface area contributed by atoms with Crippen LogP contribution in [0, 0.1) is 0 Å². The Balaban J connectivity index is 2.74. The van der Waals surface area contributed by atoms with Crippen molar-refractivity contribution in [2.45, 2.75) is 25.9 Å². The molecule has 0 aromatic heterocycles. The van der Waals surface area contributed by atoms with Crippen LogP contribution in [0.1, 0.15) is 30.6 Å². The summed E-state index contributed by atoms with van der Waals surface area (Å²) in [4.78, 5) is 11.1. The fourth-order valence-corrected chi connectivity index (χ4v) is 1.59. The summed E-state index contributed by atoms with van der Waals surface area (Å²) in [5.41, 5.74) is -0.309. The minimum atomic E-state index is -1.10. The Hall–Kier alpha value is -1.26. The number of carbonyl (C=O) groups is 1. The number of hydrogen-bond acceptors (Lipinski definition) is 3. The molecule has 0 heterocycles. The Kier molecular flexibility index (Phi) is 4.99. The average molecular weight is 273 g/mol. The van der Waals surface area contributed by atoms with Crippen LogP contribution in [0.3, 0.4) is 0 Å². The first-order valence-corrected chi connectivity index (χ1v) is 5.95. The molecular formula is C13H17ClO4. The number of hydrogen-bond donors (Lipinski definition) is 1. The van der Waals surface area contributed by atoms with Gasteiger partial charge in [0.1, 0.15) is 11.3 Å². The van der Waals surface area contributed by atoms with Crippen LogP contribution in [0.4, 0.5) is 0 Å². The summed E-state index contributed by atoms with van der Waals surface area (Å²) in [6, 6.07) is 4.78. The van der Waals surface area contributed by atoms with E-state index in [4.69, 9.17) is 26.2 Å². The molecule has 18 heavy (non-hydrogen) atoms. The highest BCUT2D eigenvalue weighted by molar-refractivity contribution is 6.33. The zero-order valence-corrected chi connectivity index (χ0v) is 11.5. The summed E-state index contributed by atoms with van der Waals surface area (Å²) >= 11 is 5.83. The number of benzene rings is 1. The van der Waals surface area contributed by atoms with Crippen LogP contribution in [0.15, 0.2) is 18.2 Å². The van der Waals surface area contributed by atoms with Crippen molar-refractivity contribution in [1.29, 1.82) is 0 Å². The van der Waals surface area contributed by atoms with Crippen molar-refractivity contribution in [2.75, 3.05) is 13.7 Å². The number of rotatable bonds is 6. The van der Waals surface area contributed by atoms with Gasteiger partial charge in [0, 0.05) is 13.5 Å². The van der Waals surface area contributed by atoms with E-state index >= 15 is 0 Å². The van der Waals surface area contributed by atoms with E-state index in [0.717, 1.165) is 0 Å². The van der Waals surface area contributed by atoms with Crippen LogP contribution < -0.4 is 4.74 Å². The molecule has 1 aromatic carbocycles. The summed E-state index contributed by atoms with van der Waals surface area (Å²) in [6.07, 6.45) is 0.648. The zero-order valence-electron chi connectivity index (χ0n) is 10.7. The smallest absolute Gasteiger partial charge is 0.341 e. The minimum absolute atomic E-state index is 0.00519. The fraction of sp³-hybridized carbons (Fsp3) is 0.462. The predicted molar refractivity (Wildman–Crippen MR) is 69.6 cm³/mol. The number of carboxylic acid groups (broad SMARTS) is 1. The Labute approximate surface area is 111 Å². The van der Waals surface area contributed by atoms with Gasteiger partial charge < -0.3 is 14.6 Å². The van der Waals surface area contributed by atoms with Crippen molar-refractivity contribution >= 4 is 17.6 Å². The van der Waals surface area contributed by atoms with Crippen molar-refractivity contribution < 1.29 is 19.4 Å². The third-order valence-corrected chi connectivity index (χ3v) is 3.02. The summed E-state index contributed by atoms with van der Waals surface area (Å²) in [5, 5.41) is 9.23. The lowest BCUT2D eigenvalue weighted by molar-refractivity contribution is 0.00538. The topological polar surface area (TPSA) is 55.8 Å². The third kappa shape index (κ3) is 3.89. The molecule has 0 saturated carbocycles. The highest BCUT2D eigenvalue weighted by Crippen LogP contribution is 2.27. The van der Waals surface area contributed by atoms with E-state index in [-0.39, 0.29) is 21.9 Å². The van der Waals surface area contributed by atoms with E-state index < -0.39 is 5.97 Å². The molecular weight excluding hydrogens is 256 g/mol. The van der Waals surface area contributed by atoms with E-state index in [2.05, 4.69) is 0 Å². The maximum atomic E-state index is 11.1. The van der Waals surface area contributed by atoms with Gasteiger partial charge in [-0.05, 0) is 26.0 Å². The van der Waals surface area contributed by atoms with Crippen molar-refractivity contribution in [1.82, 2.24) is 0 Å². The molecule has 0 aliphatic heterocycles. The quantitative estimate of drug-likeness (QED) is 0.864. The molecule has 0 amide bonds. The van der Waals surface area contributed by atoms with Crippen molar-refractivity contribution in [3.63, 3.8) is 0 Å². The van der Waals surface area contributed by atoms with Crippen LogP contribution in [0.5, 0.6) is 5.75 Å². The zero-order chi connectivity index (χ0) is 13.8. The normalized spacial score (nSPS) is 11.3. The predicted octanol–water partition coefficient (Wildman–Crippen LogP) is 3.23. The number of aromatic carboxylic acids is 1. The molecule has 0 aliphatic carbocycles. The minimum Gasteiger partial charge on any atom is -0.493 e. The molecule has 0 aliphatic rings. The number of carboxylic acids is 1. The highest BCUT2D eigenvalue weighted by Gasteiger charge is 2.19. The monoisotopic (exact) mass is 272 g/mol. The Morgan fingerprint density at radius 2 is 2.11 bits per heavy atom. The van der Waals surface area contributed by atoms with Crippen LogP contribution >= 0.6 is 11.6 Å². The molecule has 0 spiro atoms. The first-order valence-electron chi connectivity index (χ1n) is 5.57. The van der Waals surface area contributed by atoms with Gasteiger partial charge in [-0.15, -0.1) is 0 Å². The number of halogens is 1. The second-order valence-corrected chi connectivity index (χ2v) is 4.89. The number of ether oxygens (including phenoxy) is 2. The van der Waals surface area contributed by atoms with Gasteiger partial charge >= 0.3 is 5.97 Å². The Bertz CT molecular complexity index is 429. The summed E-state index contributed by atoms with van der Waals surface area (Å²) in [7, 11) is 1.63. The molecule has 100 valence electrons. The van der Waals surface area contributed by atoms with Gasteiger partial charge in [0.25, 0.3) is 0 Å². The molecule has 1 aromatic rings. The number of methoxy groups -OCH3 is 1. The lowest BCUT2D eigenvalue weighted by atomic mass is 10.1. The van der Waals surface area contributed by atoms with Crippen molar-refractivity contribution in [3.8, 4) is 5.75 Å². The third-order valence-electron chi connectivity index (χ3n) is 2.70. The SMILES string of the molecule is COC(C)(C)CCOc1cccc(Cl)c1C(=O)O. The van der Waals surface area contributed by atoms with Crippen LogP contribution in [0.2, 0.25) is 5.02 Å². The maximum absolute atomic E-state index is 11.1. The molecule has 1 rings (SSSR count). The molecule has 0 saturated heterocycles. The van der Waals surface area contributed by atoms with Gasteiger partial charge in [-0.25, -0.2) is 4.79 Å². The van der Waals surface area contributed by atoms with Crippen LogP contribution in [-0.4, -0.2) is 30.4 Å². The Morgan fingerprint density at radius 3 is 2.67 bits per heavy atom. The van der Waals surface area contributed by atoms with Crippen LogP contribution in [-0.2, 0) is 4.74 Å². The second kappa shape index (κ2) is 6.07. The van der Waals surface area contributed by atoms with Crippen molar-refractivity contribution in [2.24, 2.45) is 0 Å². The molecule has 5 heteroatoms. The van der Waals surface area contributed by atoms with E-state index in [1.807, 2.05) is 13.8 Å². The first-order chi connectivity index (χ1) is 8.37.